The lowest BCUT2D eigenvalue weighted by Crippen LogP contribution is -2.35. The van der Waals surface area contributed by atoms with E-state index in [-0.39, 0.29) is 0 Å². The third-order valence-electron chi connectivity index (χ3n) is 2.32. The third kappa shape index (κ3) is 2.70. The van der Waals surface area contributed by atoms with Crippen molar-refractivity contribution in [3.05, 3.63) is 0 Å². The SMILES string of the molecule is CCCCCNC1CCC1. The Balaban J connectivity index is 1.76. The van der Waals surface area contributed by atoms with Gasteiger partial charge in [-0.25, -0.2) is 0 Å². The van der Waals surface area contributed by atoms with Crippen LogP contribution in [0.1, 0.15) is 45.4 Å². The summed E-state index contributed by atoms with van der Waals surface area (Å²) in [5, 5.41) is 3.55. The molecule has 0 aromatic rings. The molecule has 1 nitrogen and oxygen atoms in total. The van der Waals surface area contributed by atoms with Crippen LogP contribution in [0.2, 0.25) is 0 Å². The average molecular weight is 141 g/mol. The normalized spacial score (nSPS) is 18.9. The molecule has 0 bridgehead atoms. The molecular weight excluding hydrogens is 122 g/mol. The van der Waals surface area contributed by atoms with Crippen molar-refractivity contribution in [2.75, 3.05) is 6.54 Å². The molecule has 0 saturated heterocycles. The first-order valence-corrected chi connectivity index (χ1v) is 4.67. The van der Waals surface area contributed by atoms with E-state index in [4.69, 9.17) is 0 Å². The molecule has 0 aromatic carbocycles. The largest absolute Gasteiger partial charge is 0.314 e. The molecule has 0 unspecified atom stereocenters. The van der Waals surface area contributed by atoms with Gasteiger partial charge in [0.05, 0.1) is 0 Å². The van der Waals surface area contributed by atoms with Gasteiger partial charge in [0, 0.05) is 6.04 Å². The van der Waals surface area contributed by atoms with E-state index in [0.717, 1.165) is 6.04 Å². The Morgan fingerprint density at radius 2 is 2.10 bits per heavy atom. The lowest BCUT2D eigenvalue weighted by atomic mass is 9.93. The Bertz CT molecular complexity index is 76.8. The van der Waals surface area contributed by atoms with Crippen LogP contribution in [-0.2, 0) is 0 Å². The van der Waals surface area contributed by atoms with Gasteiger partial charge >= 0.3 is 0 Å². The summed E-state index contributed by atoms with van der Waals surface area (Å²) in [7, 11) is 0. The molecular formula is C9H19N. The number of hydrogen-bond donors (Lipinski definition) is 1. The van der Waals surface area contributed by atoms with Crippen LogP contribution >= 0.6 is 0 Å². The average Bonchev–Trinajstić information content (AvgIpc) is 1.84. The number of rotatable bonds is 5. The Kier molecular flexibility index (Phi) is 3.81. The summed E-state index contributed by atoms with van der Waals surface area (Å²) in [6.45, 7) is 3.50. The fourth-order valence-electron chi connectivity index (χ4n) is 1.29. The molecule has 1 saturated carbocycles. The molecule has 1 aliphatic rings. The zero-order chi connectivity index (χ0) is 7.23. The van der Waals surface area contributed by atoms with Crippen LogP contribution in [0.4, 0.5) is 0 Å². The molecule has 60 valence electrons. The van der Waals surface area contributed by atoms with Crippen LogP contribution < -0.4 is 5.32 Å². The first-order valence-electron chi connectivity index (χ1n) is 4.67. The maximum atomic E-state index is 3.55. The van der Waals surface area contributed by atoms with Crippen molar-refractivity contribution in [2.45, 2.75) is 51.5 Å². The van der Waals surface area contributed by atoms with E-state index >= 15 is 0 Å². The summed E-state index contributed by atoms with van der Waals surface area (Å²) in [5.74, 6) is 0. The molecule has 1 rings (SSSR count). The summed E-state index contributed by atoms with van der Waals surface area (Å²) >= 11 is 0. The third-order valence-corrected chi connectivity index (χ3v) is 2.32. The maximum Gasteiger partial charge on any atom is 0.00670 e. The van der Waals surface area contributed by atoms with Gasteiger partial charge in [0.1, 0.15) is 0 Å². The molecule has 1 heteroatoms. The topological polar surface area (TPSA) is 12.0 Å². The van der Waals surface area contributed by atoms with Gasteiger partial charge < -0.3 is 5.32 Å². The van der Waals surface area contributed by atoms with Crippen LogP contribution in [0.15, 0.2) is 0 Å². The zero-order valence-electron chi connectivity index (χ0n) is 7.03. The summed E-state index contributed by atoms with van der Waals surface area (Å²) in [6, 6.07) is 0.886. The first kappa shape index (κ1) is 8.06. The highest BCUT2D eigenvalue weighted by molar-refractivity contribution is 4.75. The number of hydrogen-bond acceptors (Lipinski definition) is 1. The van der Waals surface area contributed by atoms with Crippen molar-refractivity contribution in [3.8, 4) is 0 Å². The van der Waals surface area contributed by atoms with Crippen LogP contribution in [0.5, 0.6) is 0 Å². The standard InChI is InChI=1S/C9H19N/c1-2-3-4-8-10-9-6-5-7-9/h9-10H,2-8H2,1H3. The predicted molar refractivity (Wildman–Crippen MR) is 45.2 cm³/mol. The minimum atomic E-state index is 0.886. The highest BCUT2D eigenvalue weighted by Crippen LogP contribution is 2.17. The van der Waals surface area contributed by atoms with Gasteiger partial charge in [0.25, 0.3) is 0 Å². The van der Waals surface area contributed by atoms with Crippen molar-refractivity contribution in [1.82, 2.24) is 5.32 Å². The number of unbranched alkanes of at least 4 members (excludes halogenated alkanes) is 2. The molecule has 1 fully saturated rings. The van der Waals surface area contributed by atoms with Crippen molar-refractivity contribution in [2.24, 2.45) is 0 Å². The van der Waals surface area contributed by atoms with E-state index in [0.29, 0.717) is 0 Å². The second-order valence-electron chi connectivity index (χ2n) is 3.29. The molecule has 0 atom stereocenters. The number of nitrogens with one attached hydrogen (secondary N) is 1. The first-order chi connectivity index (χ1) is 4.93. The second-order valence-corrected chi connectivity index (χ2v) is 3.29. The molecule has 1 aliphatic carbocycles. The van der Waals surface area contributed by atoms with Crippen LogP contribution in [0, 0.1) is 0 Å². The second kappa shape index (κ2) is 4.73. The van der Waals surface area contributed by atoms with Gasteiger partial charge in [0.15, 0.2) is 0 Å². The highest BCUT2D eigenvalue weighted by Gasteiger charge is 2.15. The minimum Gasteiger partial charge on any atom is -0.314 e. The van der Waals surface area contributed by atoms with E-state index in [9.17, 15) is 0 Å². The lowest BCUT2D eigenvalue weighted by Gasteiger charge is -2.26. The summed E-state index contributed by atoms with van der Waals surface area (Å²) in [6.07, 6.45) is 8.39. The van der Waals surface area contributed by atoms with Crippen molar-refractivity contribution >= 4 is 0 Å². The van der Waals surface area contributed by atoms with Gasteiger partial charge in [-0.1, -0.05) is 26.2 Å². The van der Waals surface area contributed by atoms with E-state index < -0.39 is 0 Å². The fraction of sp³-hybridized carbons (Fsp3) is 1.00. The Hall–Kier alpha value is -0.0400. The molecule has 0 aliphatic heterocycles. The van der Waals surface area contributed by atoms with E-state index in [1.807, 2.05) is 0 Å². The van der Waals surface area contributed by atoms with Crippen LogP contribution in [-0.4, -0.2) is 12.6 Å². The lowest BCUT2D eigenvalue weighted by molar-refractivity contribution is 0.337. The van der Waals surface area contributed by atoms with Gasteiger partial charge in [-0.05, 0) is 25.8 Å². The van der Waals surface area contributed by atoms with E-state index in [2.05, 4.69) is 12.2 Å². The Labute approximate surface area is 64.2 Å². The molecule has 0 heterocycles. The highest BCUT2D eigenvalue weighted by atomic mass is 14.9. The van der Waals surface area contributed by atoms with Crippen molar-refractivity contribution in [1.29, 1.82) is 0 Å². The Morgan fingerprint density at radius 1 is 1.30 bits per heavy atom. The summed E-state index contributed by atoms with van der Waals surface area (Å²) in [4.78, 5) is 0. The van der Waals surface area contributed by atoms with Crippen molar-refractivity contribution in [3.63, 3.8) is 0 Å². The molecule has 0 aromatic heterocycles. The molecule has 0 radical (unpaired) electrons. The fourth-order valence-corrected chi connectivity index (χ4v) is 1.29. The van der Waals surface area contributed by atoms with Gasteiger partial charge in [0.2, 0.25) is 0 Å². The Morgan fingerprint density at radius 3 is 2.60 bits per heavy atom. The van der Waals surface area contributed by atoms with Crippen LogP contribution in [0.25, 0.3) is 0 Å². The minimum absolute atomic E-state index is 0.886. The van der Waals surface area contributed by atoms with Gasteiger partial charge in [-0.3, -0.25) is 0 Å². The molecule has 1 N–H and O–H groups in total. The van der Waals surface area contributed by atoms with Crippen LogP contribution in [0.3, 0.4) is 0 Å². The van der Waals surface area contributed by atoms with Gasteiger partial charge in [-0.15, -0.1) is 0 Å². The van der Waals surface area contributed by atoms with E-state index in [1.165, 1.54) is 45.1 Å². The monoisotopic (exact) mass is 141 g/mol. The van der Waals surface area contributed by atoms with Gasteiger partial charge in [-0.2, -0.15) is 0 Å². The smallest absolute Gasteiger partial charge is 0.00670 e. The molecule has 10 heavy (non-hydrogen) atoms. The summed E-state index contributed by atoms with van der Waals surface area (Å²) < 4.78 is 0. The maximum absolute atomic E-state index is 3.55. The van der Waals surface area contributed by atoms with E-state index in [1.54, 1.807) is 0 Å². The van der Waals surface area contributed by atoms with Crippen molar-refractivity contribution < 1.29 is 0 Å². The molecule has 0 amide bonds. The molecule has 0 spiro atoms. The zero-order valence-corrected chi connectivity index (χ0v) is 7.03. The predicted octanol–water partition coefficient (Wildman–Crippen LogP) is 2.32. The quantitative estimate of drug-likeness (QED) is 0.579. The summed E-state index contributed by atoms with van der Waals surface area (Å²) in [5.41, 5.74) is 0.